The number of sulfonamides is 1. The minimum Gasteiger partial charge on any atom is -0.313 e. The second-order valence-electron chi connectivity index (χ2n) is 5.69. The predicted octanol–water partition coefficient (Wildman–Crippen LogP) is 1.43. The van der Waals surface area contributed by atoms with Crippen LogP contribution in [-0.2, 0) is 15.8 Å². The molecule has 1 atom stereocenters. The molecule has 0 bridgehead atoms. The molecule has 0 radical (unpaired) electrons. The zero-order valence-electron chi connectivity index (χ0n) is 13.1. The van der Waals surface area contributed by atoms with Crippen LogP contribution in [0, 0.1) is 11.3 Å². The fourth-order valence-electron chi connectivity index (χ4n) is 2.90. The highest BCUT2D eigenvalue weighted by molar-refractivity contribution is 7.88. The summed E-state index contributed by atoms with van der Waals surface area (Å²) in [5, 5.41) is 12.2. The van der Waals surface area contributed by atoms with Crippen LogP contribution in [0.4, 0.5) is 0 Å². The van der Waals surface area contributed by atoms with Gasteiger partial charge in [-0.05, 0) is 29.3 Å². The summed E-state index contributed by atoms with van der Waals surface area (Å²) >= 11 is 0. The quantitative estimate of drug-likeness (QED) is 0.908. The lowest BCUT2D eigenvalue weighted by Crippen LogP contribution is -2.48. The van der Waals surface area contributed by atoms with E-state index in [0.29, 0.717) is 30.8 Å². The molecule has 24 heavy (non-hydrogen) atoms. The van der Waals surface area contributed by atoms with Crippen LogP contribution in [0.2, 0.25) is 0 Å². The van der Waals surface area contributed by atoms with Crippen LogP contribution in [0.25, 0.3) is 0 Å². The van der Waals surface area contributed by atoms with Gasteiger partial charge >= 0.3 is 0 Å². The molecule has 3 rings (SSSR count). The average molecular weight is 342 g/mol. The summed E-state index contributed by atoms with van der Waals surface area (Å²) in [5.41, 5.74) is 1.96. The summed E-state index contributed by atoms with van der Waals surface area (Å²) in [6.45, 7) is 1.59. The molecule has 1 unspecified atom stereocenters. The number of piperazine rings is 1. The maximum atomic E-state index is 12.9. The van der Waals surface area contributed by atoms with Gasteiger partial charge in [-0.25, -0.2) is 8.42 Å². The van der Waals surface area contributed by atoms with Crippen molar-refractivity contribution in [2.75, 3.05) is 19.6 Å². The molecule has 124 valence electrons. The molecule has 2 heterocycles. The number of benzene rings is 1. The zero-order chi connectivity index (χ0) is 17.0. The number of pyridine rings is 1. The SMILES string of the molecule is N#Cc1cccc(CS(=O)(=O)N2CCNCC2c2cccnc2)c1. The molecule has 0 saturated carbocycles. The maximum absolute atomic E-state index is 12.9. The van der Waals surface area contributed by atoms with E-state index in [2.05, 4.69) is 10.3 Å². The van der Waals surface area contributed by atoms with Gasteiger partial charge < -0.3 is 5.32 Å². The maximum Gasteiger partial charge on any atom is 0.218 e. The van der Waals surface area contributed by atoms with Gasteiger partial charge in [-0.15, -0.1) is 0 Å². The number of nitrogens with zero attached hydrogens (tertiary/aromatic N) is 3. The Labute approximate surface area is 141 Å². The summed E-state index contributed by atoms with van der Waals surface area (Å²) in [4.78, 5) is 4.10. The second kappa shape index (κ2) is 7.09. The minimum absolute atomic E-state index is 0.112. The first-order valence-electron chi connectivity index (χ1n) is 7.69. The summed E-state index contributed by atoms with van der Waals surface area (Å²) < 4.78 is 27.4. The zero-order valence-corrected chi connectivity index (χ0v) is 13.9. The molecule has 6 nitrogen and oxygen atoms in total. The van der Waals surface area contributed by atoms with Gasteiger partial charge in [0.25, 0.3) is 0 Å². The molecule has 7 heteroatoms. The van der Waals surface area contributed by atoms with Crippen molar-refractivity contribution in [3.63, 3.8) is 0 Å². The summed E-state index contributed by atoms with van der Waals surface area (Å²) in [6, 6.07) is 12.2. The van der Waals surface area contributed by atoms with Crippen LogP contribution in [0.15, 0.2) is 48.8 Å². The van der Waals surface area contributed by atoms with E-state index >= 15 is 0 Å². The van der Waals surface area contributed by atoms with Crippen LogP contribution in [-0.4, -0.2) is 37.3 Å². The molecule has 1 aliphatic heterocycles. The lowest BCUT2D eigenvalue weighted by molar-refractivity contribution is 0.271. The highest BCUT2D eigenvalue weighted by Gasteiger charge is 2.33. The number of nitriles is 1. The number of hydrogen-bond donors (Lipinski definition) is 1. The molecule has 0 spiro atoms. The van der Waals surface area contributed by atoms with Crippen LogP contribution in [0.1, 0.15) is 22.7 Å². The third-order valence-electron chi connectivity index (χ3n) is 4.03. The molecule has 1 fully saturated rings. The monoisotopic (exact) mass is 342 g/mol. The Morgan fingerprint density at radius 2 is 2.21 bits per heavy atom. The van der Waals surface area contributed by atoms with Gasteiger partial charge in [0, 0.05) is 32.0 Å². The predicted molar refractivity (Wildman–Crippen MR) is 90.3 cm³/mol. The van der Waals surface area contributed by atoms with Crippen LogP contribution in [0.3, 0.4) is 0 Å². The molecule has 0 amide bonds. The molecule has 1 N–H and O–H groups in total. The van der Waals surface area contributed by atoms with E-state index in [4.69, 9.17) is 5.26 Å². The van der Waals surface area contributed by atoms with E-state index < -0.39 is 10.0 Å². The summed E-state index contributed by atoms with van der Waals surface area (Å²) in [7, 11) is -3.50. The Hall–Kier alpha value is -2.27. The molecule has 1 aromatic carbocycles. The van der Waals surface area contributed by atoms with Gasteiger partial charge in [0.05, 0.1) is 23.4 Å². The minimum atomic E-state index is -3.50. The topological polar surface area (TPSA) is 86.1 Å². The Balaban J connectivity index is 1.87. The summed E-state index contributed by atoms with van der Waals surface area (Å²) in [6.07, 6.45) is 3.38. The Bertz CT molecular complexity index is 846. The smallest absolute Gasteiger partial charge is 0.218 e. The third kappa shape index (κ3) is 3.62. The van der Waals surface area contributed by atoms with Crippen molar-refractivity contribution in [2.24, 2.45) is 0 Å². The van der Waals surface area contributed by atoms with Crippen molar-refractivity contribution in [1.29, 1.82) is 5.26 Å². The normalized spacial score (nSPS) is 18.9. The molecule has 1 aromatic heterocycles. The van der Waals surface area contributed by atoms with Crippen molar-refractivity contribution in [3.05, 3.63) is 65.5 Å². The molecular weight excluding hydrogens is 324 g/mol. The largest absolute Gasteiger partial charge is 0.313 e. The van der Waals surface area contributed by atoms with Crippen molar-refractivity contribution in [1.82, 2.24) is 14.6 Å². The van der Waals surface area contributed by atoms with Crippen LogP contribution >= 0.6 is 0 Å². The standard InChI is InChI=1S/C17H18N4O2S/c18-10-14-3-1-4-15(9-14)13-24(22,23)21-8-7-20-12-17(21)16-5-2-6-19-11-16/h1-6,9,11,17,20H,7-8,12-13H2. The van der Waals surface area contributed by atoms with Gasteiger partial charge in [0.2, 0.25) is 10.0 Å². The van der Waals surface area contributed by atoms with E-state index in [-0.39, 0.29) is 11.8 Å². The van der Waals surface area contributed by atoms with Gasteiger partial charge in [-0.1, -0.05) is 18.2 Å². The van der Waals surface area contributed by atoms with E-state index in [0.717, 1.165) is 5.56 Å². The van der Waals surface area contributed by atoms with E-state index in [1.54, 1.807) is 41.0 Å². The lowest BCUT2D eigenvalue weighted by Gasteiger charge is -2.35. The van der Waals surface area contributed by atoms with E-state index in [9.17, 15) is 8.42 Å². The second-order valence-corrected chi connectivity index (χ2v) is 7.61. The number of rotatable bonds is 4. The Kier molecular flexibility index (Phi) is 4.90. The van der Waals surface area contributed by atoms with Crippen molar-refractivity contribution < 1.29 is 8.42 Å². The molecular formula is C17H18N4O2S. The first-order chi connectivity index (χ1) is 11.6. The van der Waals surface area contributed by atoms with Crippen molar-refractivity contribution in [2.45, 2.75) is 11.8 Å². The molecule has 1 saturated heterocycles. The first-order valence-corrected chi connectivity index (χ1v) is 9.30. The number of hydrogen-bond acceptors (Lipinski definition) is 5. The van der Waals surface area contributed by atoms with Gasteiger partial charge in [-0.2, -0.15) is 9.57 Å². The van der Waals surface area contributed by atoms with Crippen LogP contribution < -0.4 is 5.32 Å². The third-order valence-corrected chi connectivity index (χ3v) is 5.88. The van der Waals surface area contributed by atoms with Crippen LogP contribution in [0.5, 0.6) is 0 Å². The average Bonchev–Trinajstić information content (AvgIpc) is 2.62. The highest BCUT2D eigenvalue weighted by atomic mass is 32.2. The first kappa shape index (κ1) is 16.6. The molecule has 2 aromatic rings. The fourth-order valence-corrected chi connectivity index (χ4v) is 4.62. The van der Waals surface area contributed by atoms with Crippen molar-refractivity contribution >= 4 is 10.0 Å². The molecule has 1 aliphatic rings. The van der Waals surface area contributed by atoms with Gasteiger partial charge in [0.15, 0.2) is 0 Å². The fraction of sp³-hybridized carbons (Fsp3) is 0.294. The van der Waals surface area contributed by atoms with Gasteiger partial charge in [-0.3, -0.25) is 4.98 Å². The van der Waals surface area contributed by atoms with Crippen molar-refractivity contribution in [3.8, 4) is 6.07 Å². The molecule has 0 aliphatic carbocycles. The Morgan fingerprint density at radius 1 is 1.33 bits per heavy atom. The number of aromatic nitrogens is 1. The Morgan fingerprint density at radius 3 is 2.96 bits per heavy atom. The van der Waals surface area contributed by atoms with Gasteiger partial charge in [0.1, 0.15) is 0 Å². The highest BCUT2D eigenvalue weighted by Crippen LogP contribution is 2.26. The lowest BCUT2D eigenvalue weighted by atomic mass is 10.1. The van der Waals surface area contributed by atoms with E-state index in [1.165, 1.54) is 0 Å². The summed E-state index contributed by atoms with van der Waals surface area (Å²) in [5.74, 6) is -0.112. The number of nitrogens with one attached hydrogen (secondary N) is 1. The van der Waals surface area contributed by atoms with E-state index in [1.807, 2.05) is 18.2 Å².